The summed E-state index contributed by atoms with van der Waals surface area (Å²) in [6, 6.07) is 6.73. The van der Waals surface area contributed by atoms with Gasteiger partial charge in [0.15, 0.2) is 0 Å². The van der Waals surface area contributed by atoms with Crippen LogP contribution in [0.25, 0.3) is 11.0 Å². The number of carbonyl (C=O) groups excluding carboxylic acids is 1. The lowest BCUT2D eigenvalue weighted by Crippen LogP contribution is -2.29. The zero-order chi connectivity index (χ0) is 16.9. The summed E-state index contributed by atoms with van der Waals surface area (Å²) in [6.45, 7) is 0.532. The van der Waals surface area contributed by atoms with Crippen LogP contribution in [0.5, 0.6) is 5.75 Å². The molecule has 1 aliphatic rings. The number of allylic oxidation sites excluding steroid dienone is 1. The molecule has 0 atom stereocenters. The van der Waals surface area contributed by atoms with Gasteiger partial charge in [0.2, 0.25) is 0 Å². The van der Waals surface area contributed by atoms with Gasteiger partial charge in [0.1, 0.15) is 16.9 Å². The second kappa shape index (κ2) is 7.34. The van der Waals surface area contributed by atoms with Crippen LogP contribution in [0, 0.1) is 0 Å². The van der Waals surface area contributed by atoms with Crippen molar-refractivity contribution in [3.63, 3.8) is 0 Å². The topological polar surface area (TPSA) is 68.5 Å². The molecule has 0 aliphatic heterocycles. The van der Waals surface area contributed by atoms with Crippen LogP contribution in [0.2, 0.25) is 0 Å². The molecule has 0 bridgehead atoms. The lowest BCUT2D eigenvalue weighted by atomic mass is 9.97. The largest absolute Gasteiger partial charge is 0.497 e. The SMILES string of the molecule is COc1ccc2cc(C(=O)NCCC3=CCCCC3)c(=O)oc2c1. The van der Waals surface area contributed by atoms with Crippen molar-refractivity contribution < 1.29 is 13.9 Å². The van der Waals surface area contributed by atoms with E-state index in [1.54, 1.807) is 31.4 Å². The fourth-order valence-electron chi connectivity index (χ4n) is 2.94. The number of hydrogen-bond acceptors (Lipinski definition) is 4. The predicted molar refractivity (Wildman–Crippen MR) is 92.5 cm³/mol. The molecule has 1 amide bonds. The maximum absolute atomic E-state index is 12.3. The number of nitrogens with one attached hydrogen (secondary N) is 1. The van der Waals surface area contributed by atoms with Crippen LogP contribution in [0.15, 0.2) is 45.1 Å². The summed E-state index contributed by atoms with van der Waals surface area (Å²) in [6.07, 6.45) is 7.79. The van der Waals surface area contributed by atoms with E-state index in [1.807, 2.05) is 0 Å². The highest BCUT2D eigenvalue weighted by Crippen LogP contribution is 2.21. The van der Waals surface area contributed by atoms with Crippen molar-refractivity contribution in [3.8, 4) is 5.75 Å². The van der Waals surface area contributed by atoms with E-state index in [-0.39, 0.29) is 5.56 Å². The van der Waals surface area contributed by atoms with Crippen molar-refractivity contribution in [3.05, 3.63) is 51.9 Å². The Bertz CT molecular complexity index is 835. The van der Waals surface area contributed by atoms with Crippen molar-refractivity contribution in [1.82, 2.24) is 5.32 Å². The monoisotopic (exact) mass is 327 g/mol. The fraction of sp³-hybridized carbons (Fsp3) is 0.368. The van der Waals surface area contributed by atoms with E-state index >= 15 is 0 Å². The summed E-state index contributed by atoms with van der Waals surface area (Å²) in [4.78, 5) is 24.3. The van der Waals surface area contributed by atoms with Gasteiger partial charge in [-0.05, 0) is 50.3 Å². The number of benzene rings is 1. The fourth-order valence-corrected chi connectivity index (χ4v) is 2.94. The molecule has 126 valence electrons. The Morgan fingerprint density at radius 2 is 2.17 bits per heavy atom. The van der Waals surface area contributed by atoms with Gasteiger partial charge in [-0.1, -0.05) is 11.6 Å². The van der Waals surface area contributed by atoms with E-state index in [1.165, 1.54) is 18.4 Å². The molecule has 0 radical (unpaired) electrons. The van der Waals surface area contributed by atoms with Crippen molar-refractivity contribution >= 4 is 16.9 Å². The summed E-state index contributed by atoms with van der Waals surface area (Å²) in [5.74, 6) is 0.210. The predicted octanol–water partition coefficient (Wildman–Crippen LogP) is 3.42. The lowest BCUT2D eigenvalue weighted by Gasteiger charge is -2.12. The van der Waals surface area contributed by atoms with Crippen LogP contribution in [0.1, 0.15) is 42.5 Å². The second-order valence-electron chi connectivity index (χ2n) is 5.97. The highest BCUT2D eigenvalue weighted by atomic mass is 16.5. The number of rotatable bonds is 5. The van der Waals surface area contributed by atoms with Gasteiger partial charge in [-0.15, -0.1) is 0 Å². The standard InChI is InChI=1S/C19H21NO4/c1-23-15-8-7-14-11-16(19(22)24-17(14)12-15)18(21)20-10-9-13-5-3-2-4-6-13/h5,7-8,11-12H,2-4,6,9-10H2,1H3,(H,20,21). The van der Waals surface area contributed by atoms with Crippen LogP contribution in [0.3, 0.4) is 0 Å². The van der Waals surface area contributed by atoms with Crippen LogP contribution >= 0.6 is 0 Å². The van der Waals surface area contributed by atoms with Gasteiger partial charge in [0.25, 0.3) is 5.91 Å². The minimum absolute atomic E-state index is 0.0327. The minimum Gasteiger partial charge on any atom is -0.497 e. The minimum atomic E-state index is -0.634. The van der Waals surface area contributed by atoms with Crippen molar-refractivity contribution in [2.24, 2.45) is 0 Å². The molecule has 1 aliphatic carbocycles. The second-order valence-corrected chi connectivity index (χ2v) is 5.97. The number of fused-ring (bicyclic) bond motifs is 1. The molecule has 0 unspecified atom stereocenters. The average molecular weight is 327 g/mol. The third-order valence-corrected chi connectivity index (χ3v) is 4.30. The molecule has 5 nitrogen and oxygen atoms in total. The third-order valence-electron chi connectivity index (χ3n) is 4.30. The molecule has 0 fully saturated rings. The molecule has 0 spiro atoms. The zero-order valence-corrected chi connectivity index (χ0v) is 13.8. The smallest absolute Gasteiger partial charge is 0.349 e. The normalized spacial score (nSPS) is 14.3. The average Bonchev–Trinajstić information content (AvgIpc) is 2.61. The molecule has 3 rings (SSSR count). The molecular weight excluding hydrogens is 306 g/mol. The van der Waals surface area contributed by atoms with Gasteiger partial charge in [-0.25, -0.2) is 4.79 Å². The Morgan fingerprint density at radius 3 is 2.92 bits per heavy atom. The Labute approximate surface area is 140 Å². The molecule has 0 saturated carbocycles. The van der Waals surface area contributed by atoms with Gasteiger partial charge in [-0.3, -0.25) is 4.79 Å². The van der Waals surface area contributed by atoms with Gasteiger partial charge < -0.3 is 14.5 Å². The van der Waals surface area contributed by atoms with Gasteiger partial charge in [-0.2, -0.15) is 0 Å². The third kappa shape index (κ3) is 3.67. The van der Waals surface area contributed by atoms with E-state index in [0.29, 0.717) is 23.3 Å². The zero-order valence-electron chi connectivity index (χ0n) is 13.8. The van der Waals surface area contributed by atoms with Crippen LogP contribution in [-0.2, 0) is 0 Å². The Hall–Kier alpha value is -2.56. The number of ether oxygens (including phenoxy) is 1. The number of amides is 1. The summed E-state index contributed by atoms with van der Waals surface area (Å²) >= 11 is 0. The maximum Gasteiger partial charge on any atom is 0.349 e. The maximum atomic E-state index is 12.3. The number of methoxy groups -OCH3 is 1. The molecule has 5 heteroatoms. The van der Waals surface area contributed by atoms with E-state index < -0.39 is 11.5 Å². The molecule has 0 saturated heterocycles. The quantitative estimate of drug-likeness (QED) is 0.675. The molecular formula is C19H21NO4. The first-order valence-electron chi connectivity index (χ1n) is 8.25. The summed E-state index contributed by atoms with van der Waals surface area (Å²) in [7, 11) is 1.54. The molecule has 24 heavy (non-hydrogen) atoms. The highest BCUT2D eigenvalue weighted by molar-refractivity contribution is 5.96. The first-order valence-corrected chi connectivity index (χ1v) is 8.25. The van der Waals surface area contributed by atoms with Gasteiger partial charge in [0, 0.05) is 18.0 Å². The van der Waals surface area contributed by atoms with Crippen molar-refractivity contribution in [2.45, 2.75) is 32.1 Å². The van der Waals surface area contributed by atoms with Gasteiger partial charge >= 0.3 is 5.63 Å². The number of hydrogen-bond donors (Lipinski definition) is 1. The highest BCUT2D eigenvalue weighted by Gasteiger charge is 2.14. The van der Waals surface area contributed by atoms with E-state index in [0.717, 1.165) is 19.3 Å². The van der Waals surface area contributed by atoms with Crippen LogP contribution in [0.4, 0.5) is 0 Å². The number of carbonyl (C=O) groups is 1. The van der Waals surface area contributed by atoms with Crippen LogP contribution in [-0.4, -0.2) is 19.6 Å². The van der Waals surface area contributed by atoms with Crippen molar-refractivity contribution in [2.75, 3.05) is 13.7 Å². The van der Waals surface area contributed by atoms with Crippen LogP contribution < -0.4 is 15.7 Å². The Kier molecular flexibility index (Phi) is 4.99. The summed E-state index contributed by atoms with van der Waals surface area (Å²) in [5.41, 5.74) is 1.19. The first kappa shape index (κ1) is 16.3. The van der Waals surface area contributed by atoms with Gasteiger partial charge in [0.05, 0.1) is 7.11 Å². The molecule has 1 aromatic heterocycles. The van der Waals surface area contributed by atoms with E-state index in [4.69, 9.17) is 9.15 Å². The Morgan fingerprint density at radius 1 is 1.29 bits per heavy atom. The molecule has 1 aromatic carbocycles. The van der Waals surface area contributed by atoms with E-state index in [9.17, 15) is 9.59 Å². The Balaban J connectivity index is 1.71. The molecule has 1 N–H and O–H groups in total. The summed E-state index contributed by atoms with van der Waals surface area (Å²) < 4.78 is 10.3. The van der Waals surface area contributed by atoms with Crippen molar-refractivity contribution in [1.29, 1.82) is 0 Å². The van der Waals surface area contributed by atoms with E-state index in [2.05, 4.69) is 11.4 Å². The first-order chi connectivity index (χ1) is 11.7. The lowest BCUT2D eigenvalue weighted by molar-refractivity contribution is 0.0950. The molecule has 1 heterocycles. The molecule has 2 aromatic rings. The summed E-state index contributed by atoms with van der Waals surface area (Å²) in [5, 5.41) is 3.50.